The van der Waals surface area contributed by atoms with Crippen LogP contribution in [0.15, 0.2) is 28.7 Å². The van der Waals surface area contributed by atoms with Crippen molar-refractivity contribution < 1.29 is 0 Å². The zero-order valence-electron chi connectivity index (χ0n) is 10.6. The monoisotopic (exact) mass is 296 g/mol. The molecule has 2 atom stereocenters. The standard InChI is InChI=1S/C14H21BrN2/c1-3-11-10-17(12(4-2)9-16-11)14-8-6-5-7-13(14)15/h5-8,11-12,16H,3-4,9-10H2,1-2H3. The lowest BCUT2D eigenvalue weighted by atomic mass is 10.0. The van der Waals surface area contributed by atoms with Gasteiger partial charge in [0.1, 0.15) is 0 Å². The van der Waals surface area contributed by atoms with E-state index < -0.39 is 0 Å². The second kappa shape index (κ2) is 5.87. The molecule has 0 bridgehead atoms. The van der Waals surface area contributed by atoms with Crippen molar-refractivity contribution in [3.05, 3.63) is 28.7 Å². The number of rotatable bonds is 3. The van der Waals surface area contributed by atoms with Crippen LogP contribution in [0.25, 0.3) is 0 Å². The van der Waals surface area contributed by atoms with Gasteiger partial charge in [0.05, 0.1) is 5.69 Å². The first kappa shape index (κ1) is 12.9. The maximum Gasteiger partial charge on any atom is 0.0514 e. The Morgan fingerprint density at radius 1 is 1.29 bits per heavy atom. The molecule has 1 fully saturated rings. The van der Waals surface area contributed by atoms with Gasteiger partial charge < -0.3 is 10.2 Å². The Hall–Kier alpha value is -0.540. The third-order valence-electron chi connectivity index (χ3n) is 3.63. The van der Waals surface area contributed by atoms with Gasteiger partial charge in [-0.1, -0.05) is 26.0 Å². The molecule has 3 heteroatoms. The number of para-hydroxylation sites is 1. The first-order chi connectivity index (χ1) is 8.26. The fourth-order valence-corrected chi connectivity index (χ4v) is 2.99. The first-order valence-electron chi connectivity index (χ1n) is 6.50. The molecule has 94 valence electrons. The smallest absolute Gasteiger partial charge is 0.0514 e. The molecular formula is C14H21BrN2. The topological polar surface area (TPSA) is 15.3 Å². The minimum atomic E-state index is 0.608. The van der Waals surface area contributed by atoms with Crippen molar-refractivity contribution in [2.45, 2.75) is 38.8 Å². The van der Waals surface area contributed by atoms with E-state index in [1.807, 2.05) is 0 Å². The lowest BCUT2D eigenvalue weighted by Gasteiger charge is -2.42. The molecule has 0 amide bonds. The Kier molecular flexibility index (Phi) is 4.46. The molecule has 1 heterocycles. The highest BCUT2D eigenvalue weighted by Crippen LogP contribution is 2.29. The van der Waals surface area contributed by atoms with E-state index in [9.17, 15) is 0 Å². The van der Waals surface area contributed by atoms with Gasteiger partial charge >= 0.3 is 0 Å². The van der Waals surface area contributed by atoms with Crippen LogP contribution in [-0.4, -0.2) is 25.2 Å². The molecule has 0 saturated carbocycles. The number of nitrogens with zero attached hydrogens (tertiary/aromatic N) is 1. The zero-order valence-corrected chi connectivity index (χ0v) is 12.2. The molecule has 1 aromatic rings. The maximum absolute atomic E-state index is 3.67. The molecule has 2 nitrogen and oxygen atoms in total. The number of anilines is 1. The summed E-state index contributed by atoms with van der Waals surface area (Å²) < 4.78 is 1.20. The van der Waals surface area contributed by atoms with Crippen LogP contribution >= 0.6 is 15.9 Å². The third kappa shape index (κ3) is 2.83. The van der Waals surface area contributed by atoms with Crippen LogP contribution < -0.4 is 10.2 Å². The summed E-state index contributed by atoms with van der Waals surface area (Å²) in [7, 11) is 0. The van der Waals surface area contributed by atoms with Crippen LogP contribution in [0.1, 0.15) is 26.7 Å². The van der Waals surface area contributed by atoms with E-state index in [1.54, 1.807) is 0 Å². The predicted molar refractivity (Wildman–Crippen MR) is 77.6 cm³/mol. The van der Waals surface area contributed by atoms with Gasteiger partial charge in [0.2, 0.25) is 0 Å². The largest absolute Gasteiger partial charge is 0.365 e. The van der Waals surface area contributed by atoms with E-state index in [-0.39, 0.29) is 0 Å². The molecule has 1 N–H and O–H groups in total. The molecule has 0 spiro atoms. The number of halogens is 1. The Labute approximate surface area is 113 Å². The highest BCUT2D eigenvalue weighted by atomic mass is 79.9. The second-order valence-corrected chi connectivity index (χ2v) is 5.53. The molecule has 1 aromatic carbocycles. The van der Waals surface area contributed by atoms with Crippen LogP contribution in [-0.2, 0) is 0 Å². The molecular weight excluding hydrogens is 276 g/mol. The number of nitrogens with one attached hydrogen (secondary N) is 1. The zero-order chi connectivity index (χ0) is 12.3. The van der Waals surface area contributed by atoms with E-state index in [0.717, 1.165) is 13.1 Å². The van der Waals surface area contributed by atoms with Crippen molar-refractivity contribution in [1.29, 1.82) is 0 Å². The van der Waals surface area contributed by atoms with Crippen molar-refractivity contribution in [2.24, 2.45) is 0 Å². The Morgan fingerprint density at radius 2 is 2.06 bits per heavy atom. The molecule has 1 aliphatic rings. The molecule has 2 unspecified atom stereocenters. The van der Waals surface area contributed by atoms with E-state index >= 15 is 0 Å². The molecule has 1 aliphatic heterocycles. The van der Waals surface area contributed by atoms with Crippen molar-refractivity contribution >= 4 is 21.6 Å². The normalized spacial score (nSPS) is 25.0. The van der Waals surface area contributed by atoms with Crippen molar-refractivity contribution in [2.75, 3.05) is 18.0 Å². The summed E-state index contributed by atoms with van der Waals surface area (Å²) >= 11 is 3.67. The van der Waals surface area contributed by atoms with Crippen LogP contribution in [0.2, 0.25) is 0 Å². The summed E-state index contributed by atoms with van der Waals surface area (Å²) in [4.78, 5) is 2.55. The lowest BCUT2D eigenvalue weighted by Crippen LogP contribution is -2.56. The fraction of sp³-hybridized carbons (Fsp3) is 0.571. The third-order valence-corrected chi connectivity index (χ3v) is 4.30. The average molecular weight is 297 g/mol. The Balaban J connectivity index is 2.23. The van der Waals surface area contributed by atoms with E-state index in [4.69, 9.17) is 0 Å². The van der Waals surface area contributed by atoms with Gasteiger partial charge in [0, 0.05) is 29.6 Å². The van der Waals surface area contributed by atoms with E-state index in [0.29, 0.717) is 12.1 Å². The van der Waals surface area contributed by atoms with E-state index in [1.165, 1.54) is 23.0 Å². The summed E-state index contributed by atoms with van der Waals surface area (Å²) in [5.74, 6) is 0. The number of piperazine rings is 1. The molecule has 0 aliphatic carbocycles. The minimum absolute atomic E-state index is 0.608. The van der Waals surface area contributed by atoms with Gasteiger partial charge in [-0.2, -0.15) is 0 Å². The predicted octanol–water partition coefficient (Wildman–Crippen LogP) is 3.42. The van der Waals surface area contributed by atoms with Crippen LogP contribution in [0.4, 0.5) is 5.69 Å². The minimum Gasteiger partial charge on any atom is -0.365 e. The van der Waals surface area contributed by atoms with Crippen molar-refractivity contribution in [1.82, 2.24) is 5.32 Å². The fourth-order valence-electron chi connectivity index (χ4n) is 2.48. The quantitative estimate of drug-likeness (QED) is 0.919. The van der Waals surface area contributed by atoms with Crippen LogP contribution in [0, 0.1) is 0 Å². The molecule has 2 rings (SSSR count). The maximum atomic E-state index is 3.67. The molecule has 0 aromatic heterocycles. The number of benzene rings is 1. The molecule has 1 saturated heterocycles. The summed E-state index contributed by atoms with van der Waals surface area (Å²) in [6, 6.07) is 9.76. The molecule has 17 heavy (non-hydrogen) atoms. The van der Waals surface area contributed by atoms with E-state index in [2.05, 4.69) is 64.3 Å². The Morgan fingerprint density at radius 3 is 2.71 bits per heavy atom. The van der Waals surface area contributed by atoms with Gasteiger partial charge in [-0.3, -0.25) is 0 Å². The SMILES string of the molecule is CCC1CN(c2ccccc2Br)C(CC)CN1. The lowest BCUT2D eigenvalue weighted by molar-refractivity contribution is 0.378. The average Bonchev–Trinajstić information content (AvgIpc) is 2.38. The second-order valence-electron chi connectivity index (χ2n) is 4.68. The van der Waals surface area contributed by atoms with Crippen molar-refractivity contribution in [3.8, 4) is 0 Å². The van der Waals surface area contributed by atoms with Crippen LogP contribution in [0.3, 0.4) is 0 Å². The highest BCUT2D eigenvalue weighted by Gasteiger charge is 2.26. The first-order valence-corrected chi connectivity index (χ1v) is 7.30. The van der Waals surface area contributed by atoms with Gasteiger partial charge in [-0.15, -0.1) is 0 Å². The Bertz CT molecular complexity index is 367. The summed E-state index contributed by atoms with van der Waals surface area (Å²) in [6.07, 6.45) is 2.38. The van der Waals surface area contributed by atoms with Gasteiger partial charge in [-0.25, -0.2) is 0 Å². The molecule has 0 radical (unpaired) electrons. The van der Waals surface area contributed by atoms with Gasteiger partial charge in [0.25, 0.3) is 0 Å². The van der Waals surface area contributed by atoms with Crippen LogP contribution in [0.5, 0.6) is 0 Å². The summed E-state index contributed by atoms with van der Waals surface area (Å²) in [5.41, 5.74) is 1.33. The number of hydrogen-bond donors (Lipinski definition) is 1. The number of hydrogen-bond acceptors (Lipinski definition) is 2. The highest BCUT2D eigenvalue weighted by molar-refractivity contribution is 9.10. The summed E-state index contributed by atoms with van der Waals surface area (Å²) in [6.45, 7) is 6.72. The summed E-state index contributed by atoms with van der Waals surface area (Å²) in [5, 5.41) is 3.63. The van der Waals surface area contributed by atoms with Gasteiger partial charge in [0.15, 0.2) is 0 Å². The van der Waals surface area contributed by atoms with Crippen molar-refractivity contribution in [3.63, 3.8) is 0 Å². The van der Waals surface area contributed by atoms with Gasteiger partial charge in [-0.05, 0) is 40.9 Å².